The summed E-state index contributed by atoms with van der Waals surface area (Å²) in [6.45, 7) is 1.92. The molecule has 5 nitrogen and oxygen atoms in total. The molecule has 2 saturated heterocycles. The Labute approximate surface area is 138 Å². The quantitative estimate of drug-likeness (QED) is 0.908. The molecule has 0 saturated carbocycles. The SMILES string of the molecule is COc1ccccc1N1CCC[C@H](N[C@@H]2CCCS(=O)(=O)C2)C1. The zero-order valence-electron chi connectivity index (χ0n) is 13.7. The van der Waals surface area contributed by atoms with E-state index in [1.807, 2.05) is 18.2 Å². The number of anilines is 1. The van der Waals surface area contributed by atoms with Crippen LogP contribution in [0.25, 0.3) is 0 Å². The molecular formula is C17H26N2O3S. The van der Waals surface area contributed by atoms with E-state index in [0.29, 0.717) is 11.8 Å². The van der Waals surface area contributed by atoms with Crippen molar-refractivity contribution in [2.45, 2.75) is 37.8 Å². The number of methoxy groups -OCH3 is 1. The summed E-state index contributed by atoms with van der Waals surface area (Å²) in [5.41, 5.74) is 1.12. The van der Waals surface area contributed by atoms with Crippen LogP contribution in [0.2, 0.25) is 0 Å². The molecule has 0 aromatic heterocycles. The van der Waals surface area contributed by atoms with E-state index in [-0.39, 0.29) is 11.8 Å². The second-order valence-electron chi connectivity index (χ2n) is 6.58. The lowest BCUT2D eigenvalue weighted by Gasteiger charge is -2.37. The van der Waals surface area contributed by atoms with Gasteiger partial charge >= 0.3 is 0 Å². The standard InChI is InChI=1S/C17H26N2O3S/c1-22-17-9-3-2-8-16(17)19-10-4-6-14(12-19)18-15-7-5-11-23(20,21)13-15/h2-3,8-9,14-15,18H,4-7,10-13H2,1H3/t14-,15+/m0/s1. The fourth-order valence-electron chi connectivity index (χ4n) is 3.71. The third-order valence-corrected chi connectivity index (χ3v) is 6.60. The minimum atomic E-state index is -2.86. The summed E-state index contributed by atoms with van der Waals surface area (Å²) in [4.78, 5) is 2.34. The van der Waals surface area contributed by atoms with Crippen molar-refractivity contribution >= 4 is 15.5 Å². The van der Waals surface area contributed by atoms with Crippen LogP contribution < -0.4 is 15.0 Å². The Morgan fingerprint density at radius 1 is 1.17 bits per heavy atom. The van der Waals surface area contributed by atoms with Gasteiger partial charge in [0.15, 0.2) is 9.84 Å². The monoisotopic (exact) mass is 338 g/mol. The van der Waals surface area contributed by atoms with Crippen molar-refractivity contribution in [1.82, 2.24) is 5.32 Å². The van der Waals surface area contributed by atoms with Crippen LogP contribution in [-0.4, -0.2) is 52.2 Å². The lowest BCUT2D eigenvalue weighted by atomic mass is 10.0. The lowest BCUT2D eigenvalue weighted by Crippen LogP contribution is -2.52. The van der Waals surface area contributed by atoms with Crippen LogP contribution in [0.5, 0.6) is 5.75 Å². The number of ether oxygens (including phenoxy) is 1. The molecule has 128 valence electrons. The van der Waals surface area contributed by atoms with E-state index < -0.39 is 9.84 Å². The van der Waals surface area contributed by atoms with E-state index in [2.05, 4.69) is 16.3 Å². The predicted molar refractivity (Wildman–Crippen MR) is 93.0 cm³/mol. The van der Waals surface area contributed by atoms with E-state index >= 15 is 0 Å². The molecule has 0 amide bonds. The van der Waals surface area contributed by atoms with Gasteiger partial charge in [-0.05, 0) is 37.8 Å². The van der Waals surface area contributed by atoms with E-state index in [1.54, 1.807) is 7.11 Å². The summed E-state index contributed by atoms with van der Waals surface area (Å²) in [7, 11) is -1.16. The number of sulfone groups is 1. The number of hydrogen-bond acceptors (Lipinski definition) is 5. The van der Waals surface area contributed by atoms with Gasteiger partial charge < -0.3 is 15.0 Å². The maximum Gasteiger partial charge on any atom is 0.151 e. The molecule has 2 aliphatic rings. The zero-order valence-corrected chi connectivity index (χ0v) is 14.5. The molecule has 1 aromatic carbocycles. The molecule has 2 heterocycles. The Kier molecular flexibility index (Phi) is 5.11. The molecule has 2 fully saturated rings. The lowest BCUT2D eigenvalue weighted by molar-refractivity contribution is 0.363. The van der Waals surface area contributed by atoms with Crippen LogP contribution in [0.15, 0.2) is 24.3 Å². The predicted octanol–water partition coefficient (Wildman–Crippen LogP) is 1.83. The van der Waals surface area contributed by atoms with Crippen LogP contribution >= 0.6 is 0 Å². The van der Waals surface area contributed by atoms with Gasteiger partial charge in [-0.1, -0.05) is 12.1 Å². The molecule has 2 atom stereocenters. The summed E-state index contributed by atoms with van der Waals surface area (Å²) in [5.74, 6) is 1.54. The first-order chi connectivity index (χ1) is 11.1. The number of piperidine rings is 1. The van der Waals surface area contributed by atoms with E-state index in [1.165, 1.54) is 0 Å². The highest BCUT2D eigenvalue weighted by Crippen LogP contribution is 2.30. The number of rotatable bonds is 4. The van der Waals surface area contributed by atoms with Crippen LogP contribution in [0.4, 0.5) is 5.69 Å². The average Bonchev–Trinajstić information content (AvgIpc) is 2.54. The minimum absolute atomic E-state index is 0.108. The molecule has 23 heavy (non-hydrogen) atoms. The molecule has 0 unspecified atom stereocenters. The molecule has 0 spiro atoms. The van der Waals surface area contributed by atoms with Gasteiger partial charge in [-0.15, -0.1) is 0 Å². The Morgan fingerprint density at radius 2 is 1.96 bits per heavy atom. The third-order valence-electron chi connectivity index (χ3n) is 4.78. The number of benzene rings is 1. The molecular weight excluding hydrogens is 312 g/mol. The van der Waals surface area contributed by atoms with E-state index in [4.69, 9.17) is 4.74 Å². The number of hydrogen-bond donors (Lipinski definition) is 1. The topological polar surface area (TPSA) is 58.6 Å². The Bertz CT molecular complexity index is 632. The van der Waals surface area contributed by atoms with Crippen LogP contribution in [0.1, 0.15) is 25.7 Å². The molecule has 3 rings (SSSR count). The first-order valence-corrected chi connectivity index (χ1v) is 10.2. The summed E-state index contributed by atoms with van der Waals surface area (Å²) in [6.07, 6.45) is 3.95. The fourth-order valence-corrected chi connectivity index (χ4v) is 5.36. The van der Waals surface area contributed by atoms with Gasteiger partial charge in [0.2, 0.25) is 0 Å². The Morgan fingerprint density at radius 3 is 2.74 bits per heavy atom. The van der Waals surface area contributed by atoms with Crippen molar-refractivity contribution in [3.05, 3.63) is 24.3 Å². The highest BCUT2D eigenvalue weighted by molar-refractivity contribution is 7.91. The average molecular weight is 338 g/mol. The summed E-state index contributed by atoms with van der Waals surface area (Å²) >= 11 is 0. The van der Waals surface area contributed by atoms with E-state index in [0.717, 1.165) is 50.2 Å². The number of para-hydroxylation sites is 2. The maximum atomic E-state index is 11.8. The molecule has 1 aromatic rings. The van der Waals surface area contributed by atoms with Gasteiger partial charge in [0.25, 0.3) is 0 Å². The second kappa shape index (κ2) is 7.09. The first kappa shape index (κ1) is 16.6. The van der Waals surface area contributed by atoms with Gasteiger partial charge in [0, 0.05) is 25.2 Å². The summed E-state index contributed by atoms with van der Waals surface area (Å²) in [5, 5.41) is 3.59. The van der Waals surface area contributed by atoms with Gasteiger partial charge in [-0.25, -0.2) is 8.42 Å². The summed E-state index contributed by atoms with van der Waals surface area (Å²) in [6, 6.07) is 8.53. The van der Waals surface area contributed by atoms with Crippen molar-refractivity contribution in [2.75, 3.05) is 36.6 Å². The van der Waals surface area contributed by atoms with Crippen molar-refractivity contribution < 1.29 is 13.2 Å². The molecule has 0 bridgehead atoms. The third kappa shape index (κ3) is 4.18. The Hall–Kier alpha value is -1.27. The number of nitrogens with zero attached hydrogens (tertiary/aromatic N) is 1. The van der Waals surface area contributed by atoms with Crippen LogP contribution in [0, 0.1) is 0 Å². The molecule has 2 aliphatic heterocycles. The molecule has 0 aliphatic carbocycles. The maximum absolute atomic E-state index is 11.8. The zero-order chi connectivity index (χ0) is 16.3. The molecule has 0 radical (unpaired) electrons. The highest BCUT2D eigenvalue weighted by atomic mass is 32.2. The van der Waals surface area contributed by atoms with Crippen LogP contribution in [-0.2, 0) is 9.84 Å². The number of nitrogens with one attached hydrogen (secondary N) is 1. The largest absolute Gasteiger partial charge is 0.495 e. The first-order valence-electron chi connectivity index (χ1n) is 8.42. The van der Waals surface area contributed by atoms with Gasteiger partial charge in [0.05, 0.1) is 24.3 Å². The Balaban J connectivity index is 1.64. The smallest absolute Gasteiger partial charge is 0.151 e. The molecule has 1 N–H and O–H groups in total. The fraction of sp³-hybridized carbons (Fsp3) is 0.647. The van der Waals surface area contributed by atoms with Gasteiger partial charge in [-0.2, -0.15) is 0 Å². The summed E-state index contributed by atoms with van der Waals surface area (Å²) < 4.78 is 29.1. The van der Waals surface area contributed by atoms with Crippen LogP contribution in [0.3, 0.4) is 0 Å². The van der Waals surface area contributed by atoms with Crippen molar-refractivity contribution in [3.63, 3.8) is 0 Å². The van der Waals surface area contributed by atoms with Gasteiger partial charge in [-0.3, -0.25) is 0 Å². The van der Waals surface area contributed by atoms with Gasteiger partial charge in [0.1, 0.15) is 5.75 Å². The molecule has 6 heteroatoms. The van der Waals surface area contributed by atoms with Crippen molar-refractivity contribution in [3.8, 4) is 5.75 Å². The van der Waals surface area contributed by atoms with Crippen molar-refractivity contribution in [2.24, 2.45) is 0 Å². The van der Waals surface area contributed by atoms with E-state index in [9.17, 15) is 8.42 Å². The highest BCUT2D eigenvalue weighted by Gasteiger charge is 2.29. The normalized spacial score (nSPS) is 27.6. The second-order valence-corrected chi connectivity index (χ2v) is 8.81. The van der Waals surface area contributed by atoms with Crippen molar-refractivity contribution in [1.29, 1.82) is 0 Å². The minimum Gasteiger partial charge on any atom is -0.495 e.